The number of allylic oxidation sites excluding steroid dienone is 5. The minimum absolute atomic E-state index is 0.132. The Kier molecular flexibility index (Phi) is 6.43. The van der Waals surface area contributed by atoms with E-state index >= 15 is 0 Å². The van der Waals surface area contributed by atoms with Gasteiger partial charge in [-0.25, -0.2) is 4.90 Å². The molecular formula is C30H25NO3S. The van der Waals surface area contributed by atoms with E-state index in [4.69, 9.17) is 4.74 Å². The summed E-state index contributed by atoms with van der Waals surface area (Å²) in [6.45, 7) is 4.72. The Bertz CT molecular complexity index is 1360. The highest BCUT2D eigenvalue weighted by Gasteiger charge is 2.36. The maximum atomic E-state index is 13.0. The predicted molar refractivity (Wildman–Crippen MR) is 141 cm³/mol. The van der Waals surface area contributed by atoms with Crippen LogP contribution in [-0.2, 0) is 11.4 Å². The minimum Gasteiger partial charge on any atom is -0.489 e. The largest absolute Gasteiger partial charge is 0.489 e. The van der Waals surface area contributed by atoms with Gasteiger partial charge in [-0.2, -0.15) is 0 Å². The minimum atomic E-state index is -0.277. The van der Waals surface area contributed by atoms with Crippen LogP contribution in [0, 0.1) is 0 Å². The van der Waals surface area contributed by atoms with Gasteiger partial charge in [-0.05, 0) is 72.7 Å². The highest BCUT2D eigenvalue weighted by molar-refractivity contribution is 8.18. The van der Waals surface area contributed by atoms with E-state index < -0.39 is 0 Å². The molecule has 0 aromatic heterocycles. The lowest BCUT2D eigenvalue weighted by Crippen LogP contribution is -2.27. The summed E-state index contributed by atoms with van der Waals surface area (Å²) in [5.41, 5.74) is 6.24. The number of ether oxygens (including phenoxy) is 1. The Morgan fingerprint density at radius 1 is 0.886 bits per heavy atom. The first-order valence-corrected chi connectivity index (χ1v) is 12.3. The standard InChI is InChI=1S/C30H25NO3S/c1-20-17-24(18-27-29(32)31(30(33)35-27)25-11-7-4-8-12-25)21(2)28(20)23-13-15-26(16-14-23)34-19-22-9-5-3-6-10-22/h3-18,28H,19H2,1-2H3/b27-18-/t28-/m0/s1. The van der Waals surface area contributed by atoms with Crippen LogP contribution in [0.2, 0.25) is 0 Å². The first-order chi connectivity index (χ1) is 17.0. The van der Waals surface area contributed by atoms with Crippen molar-refractivity contribution in [2.75, 3.05) is 4.90 Å². The van der Waals surface area contributed by atoms with Crippen molar-refractivity contribution in [2.45, 2.75) is 26.4 Å². The van der Waals surface area contributed by atoms with Gasteiger partial charge in [0.05, 0.1) is 10.6 Å². The second kappa shape index (κ2) is 9.80. The Labute approximate surface area is 209 Å². The third kappa shape index (κ3) is 4.73. The molecule has 1 fully saturated rings. The fourth-order valence-electron chi connectivity index (χ4n) is 4.53. The van der Waals surface area contributed by atoms with Gasteiger partial charge in [0, 0.05) is 5.92 Å². The topological polar surface area (TPSA) is 46.6 Å². The van der Waals surface area contributed by atoms with Gasteiger partial charge in [0.25, 0.3) is 11.1 Å². The van der Waals surface area contributed by atoms with Crippen LogP contribution in [0.5, 0.6) is 5.75 Å². The van der Waals surface area contributed by atoms with Gasteiger partial charge in [0.2, 0.25) is 0 Å². The molecule has 4 nitrogen and oxygen atoms in total. The van der Waals surface area contributed by atoms with E-state index in [1.54, 1.807) is 12.1 Å². The molecule has 35 heavy (non-hydrogen) atoms. The first kappa shape index (κ1) is 22.9. The Balaban J connectivity index is 1.33. The zero-order valence-electron chi connectivity index (χ0n) is 19.6. The molecule has 3 aromatic carbocycles. The Morgan fingerprint density at radius 2 is 1.54 bits per heavy atom. The third-order valence-corrected chi connectivity index (χ3v) is 7.15. The summed E-state index contributed by atoms with van der Waals surface area (Å²) in [6.07, 6.45) is 3.96. The van der Waals surface area contributed by atoms with Crippen molar-refractivity contribution in [3.8, 4) is 5.75 Å². The molecule has 0 saturated carbocycles. The van der Waals surface area contributed by atoms with Gasteiger partial charge >= 0.3 is 0 Å². The average Bonchev–Trinajstić information content (AvgIpc) is 3.32. The molecule has 2 aliphatic rings. The Morgan fingerprint density at radius 3 is 2.23 bits per heavy atom. The van der Waals surface area contributed by atoms with Gasteiger partial charge < -0.3 is 4.74 Å². The molecule has 1 saturated heterocycles. The normalized spacial score (nSPS) is 19.0. The van der Waals surface area contributed by atoms with Gasteiger partial charge in [0.15, 0.2) is 0 Å². The molecule has 0 bridgehead atoms. The molecule has 0 radical (unpaired) electrons. The molecule has 0 spiro atoms. The molecule has 1 atom stereocenters. The maximum Gasteiger partial charge on any atom is 0.298 e. The molecule has 5 heteroatoms. The molecular weight excluding hydrogens is 454 g/mol. The van der Waals surface area contributed by atoms with Crippen molar-refractivity contribution in [1.82, 2.24) is 0 Å². The summed E-state index contributed by atoms with van der Waals surface area (Å²) in [4.78, 5) is 27.3. The molecule has 1 heterocycles. The van der Waals surface area contributed by atoms with Crippen LogP contribution in [0.15, 0.2) is 119 Å². The van der Waals surface area contributed by atoms with Crippen LogP contribution in [0.1, 0.15) is 30.9 Å². The smallest absolute Gasteiger partial charge is 0.298 e. The van der Waals surface area contributed by atoms with Gasteiger partial charge in [-0.3, -0.25) is 9.59 Å². The number of hydrogen-bond acceptors (Lipinski definition) is 4. The van der Waals surface area contributed by atoms with Gasteiger partial charge in [0.1, 0.15) is 12.4 Å². The summed E-state index contributed by atoms with van der Waals surface area (Å²) in [6, 6.07) is 27.3. The van der Waals surface area contributed by atoms with Crippen LogP contribution in [0.25, 0.3) is 0 Å². The number of anilines is 1. The number of para-hydroxylation sites is 1. The fourth-order valence-corrected chi connectivity index (χ4v) is 5.36. The summed E-state index contributed by atoms with van der Waals surface area (Å²) in [7, 11) is 0. The van der Waals surface area contributed by atoms with E-state index in [2.05, 4.69) is 32.1 Å². The number of nitrogens with zero attached hydrogens (tertiary/aromatic N) is 1. The molecule has 1 aliphatic carbocycles. The number of rotatable bonds is 6. The van der Waals surface area contributed by atoms with E-state index in [0.717, 1.165) is 34.2 Å². The number of carbonyl (C=O) groups is 2. The number of amides is 2. The highest BCUT2D eigenvalue weighted by Crippen LogP contribution is 2.42. The number of carbonyl (C=O) groups excluding carboxylic acids is 2. The van der Waals surface area contributed by atoms with E-state index in [-0.39, 0.29) is 17.1 Å². The van der Waals surface area contributed by atoms with E-state index in [1.165, 1.54) is 16.0 Å². The highest BCUT2D eigenvalue weighted by atomic mass is 32.2. The molecule has 3 aromatic rings. The summed E-state index contributed by atoms with van der Waals surface area (Å²) in [5, 5.41) is -0.271. The first-order valence-electron chi connectivity index (χ1n) is 11.5. The van der Waals surface area contributed by atoms with Crippen LogP contribution >= 0.6 is 11.8 Å². The quantitative estimate of drug-likeness (QED) is 0.345. The van der Waals surface area contributed by atoms with E-state index in [1.807, 2.05) is 66.7 Å². The van der Waals surface area contributed by atoms with E-state index in [9.17, 15) is 9.59 Å². The predicted octanol–water partition coefficient (Wildman–Crippen LogP) is 7.41. The second-order valence-corrected chi connectivity index (χ2v) is 9.65. The molecule has 0 N–H and O–H groups in total. The maximum absolute atomic E-state index is 13.0. The summed E-state index contributed by atoms with van der Waals surface area (Å²) >= 11 is 0.988. The molecule has 0 unspecified atom stereocenters. The molecule has 5 rings (SSSR count). The number of imide groups is 1. The lowest BCUT2D eigenvalue weighted by atomic mass is 9.89. The van der Waals surface area contributed by atoms with Gasteiger partial charge in [-0.15, -0.1) is 0 Å². The van der Waals surface area contributed by atoms with Crippen molar-refractivity contribution >= 4 is 28.6 Å². The third-order valence-electron chi connectivity index (χ3n) is 6.28. The van der Waals surface area contributed by atoms with Crippen molar-refractivity contribution in [3.05, 3.63) is 130 Å². The number of thioether (sulfide) groups is 1. The van der Waals surface area contributed by atoms with Crippen LogP contribution in [0.3, 0.4) is 0 Å². The number of benzene rings is 3. The number of hydrogen-bond donors (Lipinski definition) is 0. The lowest BCUT2D eigenvalue weighted by molar-refractivity contribution is -0.113. The summed E-state index contributed by atoms with van der Waals surface area (Å²) in [5.74, 6) is 0.682. The second-order valence-electron chi connectivity index (χ2n) is 8.66. The summed E-state index contributed by atoms with van der Waals surface area (Å²) < 4.78 is 5.93. The lowest BCUT2D eigenvalue weighted by Gasteiger charge is -2.16. The fraction of sp³-hybridized carbons (Fsp3) is 0.133. The monoisotopic (exact) mass is 479 g/mol. The SMILES string of the molecule is CC1=CC(/C=C2\SC(=O)N(c3ccccc3)C2=O)=C(C)[C@H]1c1ccc(OCc2ccccc2)cc1. The van der Waals surface area contributed by atoms with Crippen molar-refractivity contribution < 1.29 is 14.3 Å². The van der Waals surface area contributed by atoms with Crippen molar-refractivity contribution in [3.63, 3.8) is 0 Å². The van der Waals surface area contributed by atoms with Gasteiger partial charge in [-0.1, -0.05) is 77.9 Å². The molecule has 174 valence electrons. The van der Waals surface area contributed by atoms with Crippen molar-refractivity contribution in [1.29, 1.82) is 0 Å². The molecule has 2 amide bonds. The van der Waals surface area contributed by atoms with Crippen LogP contribution in [0.4, 0.5) is 10.5 Å². The average molecular weight is 480 g/mol. The zero-order valence-corrected chi connectivity index (χ0v) is 20.4. The van der Waals surface area contributed by atoms with Crippen molar-refractivity contribution in [2.24, 2.45) is 0 Å². The zero-order chi connectivity index (χ0) is 24.4. The van der Waals surface area contributed by atoms with Crippen LogP contribution < -0.4 is 9.64 Å². The van der Waals surface area contributed by atoms with E-state index in [0.29, 0.717) is 17.2 Å². The Hall–Kier alpha value is -3.83. The van der Waals surface area contributed by atoms with Crippen LogP contribution in [-0.4, -0.2) is 11.1 Å². The molecule has 1 aliphatic heterocycles.